The van der Waals surface area contributed by atoms with Crippen LogP contribution in [-0.4, -0.2) is 136 Å². The highest BCUT2D eigenvalue weighted by Gasteiger charge is 2.33. The summed E-state index contributed by atoms with van der Waals surface area (Å²) in [5.74, 6) is 1.54. The third-order valence-corrected chi connectivity index (χ3v) is 15.0. The first-order chi connectivity index (χ1) is 32.2. The van der Waals surface area contributed by atoms with E-state index in [-0.39, 0.29) is 23.9 Å². The van der Waals surface area contributed by atoms with E-state index in [9.17, 15) is 9.59 Å². The van der Waals surface area contributed by atoms with Crippen LogP contribution in [0.5, 0.6) is 0 Å². The van der Waals surface area contributed by atoms with Gasteiger partial charge in [-0.1, -0.05) is 93.9 Å². The van der Waals surface area contributed by atoms with Crippen LogP contribution in [0.1, 0.15) is 48.9 Å². The molecule has 9 nitrogen and oxygen atoms in total. The Balaban J connectivity index is 0.000000204. The van der Waals surface area contributed by atoms with Gasteiger partial charge in [-0.3, -0.25) is 19.4 Å². The summed E-state index contributed by atoms with van der Waals surface area (Å²) in [6.45, 7) is 12.5. The number of alkyl halides is 1. The van der Waals surface area contributed by atoms with Crippen LogP contribution in [-0.2, 0) is 9.59 Å². The van der Waals surface area contributed by atoms with Gasteiger partial charge in [0.05, 0.1) is 45.9 Å². The molecule has 1 N–H and O–H groups in total. The number of likely N-dealkylation sites (N-methyl/N-ethyl adjacent to an activating group) is 1. The van der Waals surface area contributed by atoms with Gasteiger partial charge in [0.25, 0.3) is 0 Å². The quantitative estimate of drug-likeness (QED) is 0.118. The number of benzene rings is 4. The number of anilines is 2. The van der Waals surface area contributed by atoms with Gasteiger partial charge in [-0.05, 0) is 148 Å². The first kappa shape index (κ1) is 54.1. The van der Waals surface area contributed by atoms with E-state index in [1.807, 2.05) is 84.6 Å². The van der Waals surface area contributed by atoms with Crippen molar-refractivity contribution in [3.05, 3.63) is 126 Å². The zero-order chi connectivity index (χ0) is 48.0. The van der Waals surface area contributed by atoms with Gasteiger partial charge < -0.3 is 24.9 Å². The maximum atomic E-state index is 12.4. The molecule has 364 valence electrons. The van der Waals surface area contributed by atoms with Crippen LogP contribution in [0.2, 0.25) is 30.1 Å². The van der Waals surface area contributed by atoms with Crippen LogP contribution >= 0.6 is 92.8 Å². The highest BCUT2D eigenvalue weighted by atomic mass is 35.5. The predicted molar refractivity (Wildman–Crippen MR) is 284 cm³/mol. The summed E-state index contributed by atoms with van der Waals surface area (Å²) < 4.78 is 0. The fraction of sp³-hybridized carbons (Fsp3) is 0.480. The van der Waals surface area contributed by atoms with Crippen LogP contribution < -0.4 is 15.1 Å². The second-order valence-corrected chi connectivity index (χ2v) is 21.2. The number of rotatable bonds is 11. The molecule has 1 amide bonds. The molecule has 4 fully saturated rings. The van der Waals surface area contributed by atoms with Crippen molar-refractivity contribution in [1.82, 2.24) is 24.9 Å². The molecule has 0 aliphatic carbocycles. The predicted octanol–water partition coefficient (Wildman–Crippen LogP) is 11.8. The topological polar surface area (TPSA) is 65.6 Å². The number of piperidine rings is 2. The van der Waals surface area contributed by atoms with Gasteiger partial charge in [0.2, 0.25) is 11.1 Å². The third kappa shape index (κ3) is 16.4. The molecule has 0 unspecified atom stereocenters. The Morgan fingerprint density at radius 2 is 0.985 bits per heavy atom. The molecule has 8 rings (SSSR count). The van der Waals surface area contributed by atoms with Crippen LogP contribution in [0.15, 0.2) is 84.9 Å². The lowest BCUT2D eigenvalue weighted by Gasteiger charge is -2.45. The molecule has 4 saturated heterocycles. The fourth-order valence-electron chi connectivity index (χ4n) is 9.49. The normalized spacial score (nSPS) is 20.0. The molecule has 67 heavy (non-hydrogen) atoms. The van der Waals surface area contributed by atoms with E-state index in [0.717, 1.165) is 112 Å². The minimum absolute atomic E-state index is 0.0957. The van der Waals surface area contributed by atoms with Crippen molar-refractivity contribution in [2.45, 2.75) is 37.8 Å². The third-order valence-electron chi connectivity index (χ3n) is 12.9. The zero-order valence-corrected chi connectivity index (χ0v) is 44.2. The van der Waals surface area contributed by atoms with Gasteiger partial charge in [-0.2, -0.15) is 0 Å². The number of nitrogens with one attached hydrogen (secondary N) is 1. The minimum atomic E-state index is -0.508. The Labute approximate surface area is 437 Å². The molecule has 4 heterocycles. The summed E-state index contributed by atoms with van der Waals surface area (Å²) in [5, 5.41) is 7.16. The molecule has 4 aromatic carbocycles. The molecule has 0 spiro atoms. The van der Waals surface area contributed by atoms with E-state index in [1.54, 1.807) is 0 Å². The van der Waals surface area contributed by atoms with Gasteiger partial charge in [-0.15, -0.1) is 11.6 Å². The van der Waals surface area contributed by atoms with Crippen LogP contribution in [0.25, 0.3) is 0 Å². The van der Waals surface area contributed by atoms with E-state index < -0.39 is 5.24 Å². The van der Waals surface area contributed by atoms with Crippen molar-refractivity contribution in [1.29, 1.82) is 0 Å². The van der Waals surface area contributed by atoms with E-state index in [1.165, 1.54) is 30.5 Å². The van der Waals surface area contributed by atoms with Crippen molar-refractivity contribution in [3.63, 3.8) is 0 Å². The number of carbonyl (C=O) groups is 2. The number of likely N-dealkylation sites (tertiary alicyclic amines) is 1. The summed E-state index contributed by atoms with van der Waals surface area (Å²) in [6, 6.07) is 28.3. The maximum Gasteiger partial charge on any atom is 0.236 e. The molecule has 17 heteroatoms. The van der Waals surface area contributed by atoms with Gasteiger partial charge in [-0.25, -0.2) is 0 Å². The van der Waals surface area contributed by atoms with Crippen LogP contribution in [0.4, 0.5) is 11.4 Å². The van der Waals surface area contributed by atoms with Crippen LogP contribution in [0.3, 0.4) is 0 Å². The van der Waals surface area contributed by atoms with Crippen molar-refractivity contribution in [3.8, 4) is 0 Å². The SMILES string of the molecule is CN(C)CC(=O)N1CCC(CN2CCN(c3ccc(Cl)cc3Cl)[C@H](c3ccc(Cl)cc3)C2)CC1.Clc1ccc([C@@H]2CN(CC3CCNCC3)CCN2c2ccc(Cl)cc2Cl)cc1.O=C(Cl)CCl. The lowest BCUT2D eigenvalue weighted by atomic mass is 9.94. The molecule has 0 bridgehead atoms. The average molecular weight is 1080 g/mol. The second-order valence-electron chi connectivity index (χ2n) is 18.0. The Morgan fingerprint density at radius 1 is 0.582 bits per heavy atom. The minimum Gasteiger partial charge on any atom is -0.361 e. The number of hydrogen-bond acceptors (Lipinski definition) is 8. The van der Waals surface area contributed by atoms with E-state index >= 15 is 0 Å². The molecule has 4 aliphatic rings. The second kappa shape index (κ2) is 26.8. The van der Waals surface area contributed by atoms with Gasteiger partial charge in [0.1, 0.15) is 0 Å². The molecule has 0 saturated carbocycles. The first-order valence-corrected chi connectivity index (χ1v) is 26.1. The Kier molecular flexibility index (Phi) is 21.7. The van der Waals surface area contributed by atoms with E-state index in [0.29, 0.717) is 32.6 Å². The summed E-state index contributed by atoms with van der Waals surface area (Å²) in [5.41, 5.74) is 4.56. The summed E-state index contributed by atoms with van der Waals surface area (Å²) in [4.78, 5) is 35.8. The van der Waals surface area contributed by atoms with Crippen molar-refractivity contribution >= 4 is 115 Å². The highest BCUT2D eigenvalue weighted by molar-refractivity contribution is 6.67. The molecule has 4 aromatic rings. The molecule has 0 aromatic heterocycles. The fourth-order valence-corrected chi connectivity index (χ4v) is 10.8. The summed E-state index contributed by atoms with van der Waals surface area (Å²) >= 11 is 47.3. The molecule has 0 radical (unpaired) electrons. The van der Waals surface area contributed by atoms with Crippen molar-refractivity contribution in [2.24, 2.45) is 11.8 Å². The number of piperazine rings is 2. The van der Waals surface area contributed by atoms with E-state index in [2.05, 4.69) is 49.2 Å². The van der Waals surface area contributed by atoms with Crippen molar-refractivity contribution < 1.29 is 9.59 Å². The lowest BCUT2D eigenvalue weighted by Crippen LogP contribution is -2.51. The largest absolute Gasteiger partial charge is 0.361 e. The van der Waals surface area contributed by atoms with Gasteiger partial charge in [0, 0.05) is 85.5 Å². The summed E-state index contributed by atoms with van der Waals surface area (Å²) in [7, 11) is 3.89. The first-order valence-electron chi connectivity index (χ1n) is 22.9. The summed E-state index contributed by atoms with van der Waals surface area (Å²) in [6.07, 6.45) is 4.67. The zero-order valence-electron chi connectivity index (χ0n) is 38.1. The Hall–Kier alpha value is -2.22. The van der Waals surface area contributed by atoms with Gasteiger partial charge in [0.15, 0.2) is 0 Å². The maximum absolute atomic E-state index is 12.4. The van der Waals surface area contributed by atoms with Gasteiger partial charge >= 0.3 is 0 Å². The number of nitrogens with zero attached hydrogens (tertiary/aromatic N) is 6. The highest BCUT2D eigenvalue weighted by Crippen LogP contribution is 2.39. The van der Waals surface area contributed by atoms with E-state index in [4.69, 9.17) is 92.8 Å². The Bertz CT molecular complexity index is 2190. The smallest absolute Gasteiger partial charge is 0.236 e. The van der Waals surface area contributed by atoms with Crippen LogP contribution in [0, 0.1) is 11.8 Å². The standard InChI is InChI=1S/C26H33Cl3N4O.C22H26Cl3N3.C2H2Cl2O/c1-30(2)18-26(34)32-11-9-19(10-12-32)16-31-13-14-33(24-8-7-22(28)15-23(24)29)25(17-31)20-3-5-21(27)6-4-20;23-18-3-1-17(2-4-18)22-15-27(14-16-7-9-26-10-8-16)11-12-28(22)21-6-5-19(24)13-20(21)25;3-1-2(4)5/h3-8,15,19,25H,9-14,16-18H2,1-2H3;1-6,13,16,22,26H,7-12,14-15H2;1H2/t25-;22-;/m00./s1. The lowest BCUT2D eigenvalue weighted by molar-refractivity contribution is -0.133. The molecule has 4 aliphatic heterocycles. The number of hydrogen-bond donors (Lipinski definition) is 1. The average Bonchev–Trinajstić information content (AvgIpc) is 3.31. The molecular formula is C50H61Cl8N7O2. The monoisotopic (exact) mass is 1070 g/mol. The molecule has 2 atom stereocenters. The number of carbonyl (C=O) groups excluding carboxylic acids is 2. The Morgan fingerprint density at radius 3 is 1.37 bits per heavy atom. The van der Waals surface area contributed by atoms with Crippen molar-refractivity contribution in [2.75, 3.05) is 115 Å². The number of halogens is 8. The molecular weight excluding hydrogens is 1010 g/mol. The number of amides is 1.